The second kappa shape index (κ2) is 6.73. The van der Waals surface area contributed by atoms with E-state index in [4.69, 9.17) is 11.6 Å². The fourth-order valence-corrected chi connectivity index (χ4v) is 2.34. The summed E-state index contributed by atoms with van der Waals surface area (Å²) in [6.07, 6.45) is 0.746. The van der Waals surface area contributed by atoms with Crippen LogP contribution in [0.2, 0.25) is 5.02 Å². The maximum atomic E-state index is 13.2. The Bertz CT molecular complexity index is 571. The number of phenolic OH excluding ortho intramolecular Hbond substituents is 1. The molecule has 0 spiro atoms. The van der Waals surface area contributed by atoms with Gasteiger partial charge in [0.25, 0.3) is 0 Å². The number of benzene rings is 2. The van der Waals surface area contributed by atoms with E-state index in [9.17, 15) is 9.50 Å². The van der Waals surface area contributed by atoms with Crippen LogP contribution in [0, 0.1) is 5.82 Å². The standard InChI is InChI=1S/C16H17ClFNO/c1-2-19-16(9-11-3-6-13(20)7-4-11)12-5-8-15(18)14(17)10-12/h3-8,10,16,19-20H,2,9H2,1H3. The second-order valence-electron chi connectivity index (χ2n) is 4.65. The first-order chi connectivity index (χ1) is 9.60. The van der Waals surface area contributed by atoms with Gasteiger partial charge in [-0.3, -0.25) is 0 Å². The monoisotopic (exact) mass is 293 g/mol. The van der Waals surface area contributed by atoms with Gasteiger partial charge in [0.1, 0.15) is 11.6 Å². The third-order valence-electron chi connectivity index (χ3n) is 3.17. The Morgan fingerprint density at radius 1 is 1.20 bits per heavy atom. The molecule has 0 radical (unpaired) electrons. The number of nitrogens with one attached hydrogen (secondary N) is 1. The van der Waals surface area contributed by atoms with Crippen LogP contribution in [0.3, 0.4) is 0 Å². The predicted octanol–water partition coefficient (Wildman–Crippen LogP) is 4.08. The Morgan fingerprint density at radius 2 is 1.90 bits per heavy atom. The smallest absolute Gasteiger partial charge is 0.141 e. The van der Waals surface area contributed by atoms with Crippen molar-refractivity contribution in [2.45, 2.75) is 19.4 Å². The molecule has 0 heterocycles. The van der Waals surface area contributed by atoms with E-state index in [2.05, 4.69) is 5.32 Å². The highest BCUT2D eigenvalue weighted by Gasteiger charge is 2.13. The normalized spacial score (nSPS) is 12.3. The molecule has 1 atom stereocenters. The first kappa shape index (κ1) is 14.8. The number of rotatable bonds is 5. The van der Waals surface area contributed by atoms with Gasteiger partial charge in [0, 0.05) is 6.04 Å². The van der Waals surface area contributed by atoms with E-state index in [1.807, 2.05) is 19.1 Å². The Hall–Kier alpha value is -1.58. The SMILES string of the molecule is CCNC(Cc1ccc(O)cc1)c1ccc(F)c(Cl)c1. The molecule has 1 unspecified atom stereocenters. The summed E-state index contributed by atoms with van der Waals surface area (Å²) in [6, 6.07) is 11.9. The lowest BCUT2D eigenvalue weighted by Crippen LogP contribution is -2.23. The van der Waals surface area contributed by atoms with Crippen molar-refractivity contribution < 1.29 is 9.50 Å². The Balaban J connectivity index is 2.21. The lowest BCUT2D eigenvalue weighted by Gasteiger charge is -2.19. The van der Waals surface area contributed by atoms with Crippen molar-refractivity contribution in [2.24, 2.45) is 0 Å². The van der Waals surface area contributed by atoms with Crippen molar-refractivity contribution in [3.8, 4) is 5.75 Å². The zero-order valence-electron chi connectivity index (χ0n) is 11.2. The molecular weight excluding hydrogens is 277 g/mol. The topological polar surface area (TPSA) is 32.3 Å². The molecule has 0 aliphatic heterocycles. The van der Waals surface area contributed by atoms with Gasteiger partial charge in [-0.1, -0.05) is 36.7 Å². The summed E-state index contributed by atoms with van der Waals surface area (Å²) in [4.78, 5) is 0. The summed E-state index contributed by atoms with van der Waals surface area (Å²) in [6.45, 7) is 2.83. The van der Waals surface area contributed by atoms with Crippen LogP contribution in [-0.4, -0.2) is 11.7 Å². The fraction of sp³-hybridized carbons (Fsp3) is 0.250. The molecule has 0 aliphatic rings. The number of phenols is 1. The quantitative estimate of drug-likeness (QED) is 0.871. The molecule has 2 aromatic rings. The number of likely N-dealkylation sites (N-methyl/N-ethyl adjacent to an activating group) is 1. The molecule has 2 aromatic carbocycles. The van der Waals surface area contributed by atoms with Crippen LogP contribution in [0.15, 0.2) is 42.5 Å². The summed E-state index contributed by atoms with van der Waals surface area (Å²) >= 11 is 5.85. The van der Waals surface area contributed by atoms with Gasteiger partial charge in [-0.2, -0.15) is 0 Å². The number of halogens is 2. The summed E-state index contributed by atoms with van der Waals surface area (Å²) in [7, 11) is 0. The van der Waals surface area contributed by atoms with Gasteiger partial charge in [0.2, 0.25) is 0 Å². The molecule has 106 valence electrons. The molecule has 0 bridgehead atoms. The molecule has 20 heavy (non-hydrogen) atoms. The maximum Gasteiger partial charge on any atom is 0.141 e. The van der Waals surface area contributed by atoms with Gasteiger partial charge >= 0.3 is 0 Å². The van der Waals surface area contributed by atoms with E-state index in [0.29, 0.717) is 0 Å². The molecule has 0 amide bonds. The first-order valence-corrected chi connectivity index (χ1v) is 6.94. The van der Waals surface area contributed by atoms with Crippen molar-refractivity contribution in [2.75, 3.05) is 6.54 Å². The highest BCUT2D eigenvalue weighted by atomic mass is 35.5. The van der Waals surface area contributed by atoms with Gasteiger partial charge in [0.15, 0.2) is 0 Å². The van der Waals surface area contributed by atoms with Crippen LogP contribution in [-0.2, 0) is 6.42 Å². The molecule has 4 heteroatoms. The molecule has 0 saturated carbocycles. The molecular formula is C16H17ClFNO. The lowest BCUT2D eigenvalue weighted by molar-refractivity contribution is 0.474. The fourth-order valence-electron chi connectivity index (χ4n) is 2.15. The van der Waals surface area contributed by atoms with Crippen molar-refractivity contribution in [3.05, 3.63) is 64.4 Å². The van der Waals surface area contributed by atoms with Gasteiger partial charge in [-0.15, -0.1) is 0 Å². The van der Waals surface area contributed by atoms with Gasteiger partial charge in [-0.05, 0) is 48.4 Å². The van der Waals surface area contributed by atoms with E-state index in [1.165, 1.54) is 6.07 Å². The van der Waals surface area contributed by atoms with Crippen molar-refractivity contribution in [1.29, 1.82) is 0 Å². The molecule has 2 nitrogen and oxygen atoms in total. The van der Waals surface area contributed by atoms with Gasteiger partial charge < -0.3 is 10.4 Å². The van der Waals surface area contributed by atoms with Crippen LogP contribution < -0.4 is 5.32 Å². The first-order valence-electron chi connectivity index (χ1n) is 6.56. The highest BCUT2D eigenvalue weighted by Crippen LogP contribution is 2.24. The number of hydrogen-bond donors (Lipinski definition) is 2. The zero-order chi connectivity index (χ0) is 14.5. The Kier molecular flexibility index (Phi) is 4.99. The largest absolute Gasteiger partial charge is 0.508 e. The number of hydrogen-bond acceptors (Lipinski definition) is 2. The third kappa shape index (κ3) is 3.71. The minimum atomic E-state index is -0.407. The summed E-state index contributed by atoms with van der Waals surface area (Å²) in [5.74, 6) is -0.158. The van der Waals surface area contributed by atoms with Crippen LogP contribution in [0.5, 0.6) is 5.75 Å². The lowest BCUT2D eigenvalue weighted by atomic mass is 9.98. The van der Waals surface area contributed by atoms with Crippen molar-refractivity contribution in [1.82, 2.24) is 5.32 Å². The van der Waals surface area contributed by atoms with Crippen LogP contribution in [0.25, 0.3) is 0 Å². The van der Waals surface area contributed by atoms with Crippen LogP contribution >= 0.6 is 11.6 Å². The van der Waals surface area contributed by atoms with Gasteiger partial charge in [-0.25, -0.2) is 4.39 Å². The molecule has 0 fully saturated rings. The average Bonchev–Trinajstić information content (AvgIpc) is 2.44. The summed E-state index contributed by atoms with van der Waals surface area (Å²) < 4.78 is 13.2. The molecule has 0 saturated heterocycles. The van der Waals surface area contributed by atoms with E-state index < -0.39 is 5.82 Å². The van der Waals surface area contributed by atoms with E-state index in [1.54, 1.807) is 24.3 Å². The average molecular weight is 294 g/mol. The van der Waals surface area contributed by atoms with Crippen molar-refractivity contribution >= 4 is 11.6 Å². The van der Waals surface area contributed by atoms with E-state index in [-0.39, 0.29) is 16.8 Å². The summed E-state index contributed by atoms with van der Waals surface area (Å²) in [5, 5.41) is 12.8. The molecule has 2 N–H and O–H groups in total. The van der Waals surface area contributed by atoms with Gasteiger partial charge in [0.05, 0.1) is 5.02 Å². The molecule has 0 aliphatic carbocycles. The minimum absolute atomic E-state index is 0.0580. The third-order valence-corrected chi connectivity index (χ3v) is 3.46. The Labute approximate surface area is 123 Å². The van der Waals surface area contributed by atoms with E-state index in [0.717, 1.165) is 24.1 Å². The molecule has 2 rings (SSSR count). The minimum Gasteiger partial charge on any atom is -0.508 e. The van der Waals surface area contributed by atoms with E-state index >= 15 is 0 Å². The summed E-state index contributed by atoms with van der Waals surface area (Å²) in [5.41, 5.74) is 2.04. The predicted molar refractivity (Wildman–Crippen MR) is 79.6 cm³/mol. The second-order valence-corrected chi connectivity index (χ2v) is 5.06. The van der Waals surface area contributed by atoms with Crippen LogP contribution in [0.4, 0.5) is 4.39 Å². The van der Waals surface area contributed by atoms with Crippen molar-refractivity contribution in [3.63, 3.8) is 0 Å². The Morgan fingerprint density at radius 3 is 2.50 bits per heavy atom. The van der Waals surface area contributed by atoms with Crippen LogP contribution in [0.1, 0.15) is 24.1 Å². The molecule has 0 aromatic heterocycles. The number of aromatic hydroxyl groups is 1. The zero-order valence-corrected chi connectivity index (χ0v) is 12.0. The highest BCUT2D eigenvalue weighted by molar-refractivity contribution is 6.30. The maximum absolute atomic E-state index is 13.2.